The first kappa shape index (κ1) is 13.2. The van der Waals surface area contributed by atoms with E-state index < -0.39 is 0 Å². The van der Waals surface area contributed by atoms with Gasteiger partial charge < -0.3 is 10.4 Å². The Hall–Kier alpha value is -0.870. The molecular weight excluding hydrogens is 202 g/mol. The van der Waals surface area contributed by atoms with Gasteiger partial charge in [0.05, 0.1) is 6.20 Å². The molecule has 0 bridgehead atoms. The highest BCUT2D eigenvalue weighted by atomic mass is 16.3. The van der Waals surface area contributed by atoms with Crippen LogP contribution in [-0.4, -0.2) is 27.5 Å². The number of nitrogens with one attached hydrogen (secondary N) is 1. The van der Waals surface area contributed by atoms with Gasteiger partial charge in [0.1, 0.15) is 0 Å². The summed E-state index contributed by atoms with van der Waals surface area (Å²) in [4.78, 5) is 0. The van der Waals surface area contributed by atoms with Gasteiger partial charge in [-0.3, -0.25) is 4.68 Å². The number of hydrogen-bond donors (Lipinski definition) is 2. The zero-order valence-electron chi connectivity index (χ0n) is 10.9. The number of hydrogen-bond acceptors (Lipinski definition) is 3. The average molecular weight is 225 g/mol. The normalized spacial score (nSPS) is 17.1. The fourth-order valence-corrected chi connectivity index (χ4v) is 1.75. The van der Waals surface area contributed by atoms with Crippen molar-refractivity contribution in [2.75, 3.05) is 6.61 Å². The van der Waals surface area contributed by atoms with Crippen molar-refractivity contribution in [3.63, 3.8) is 0 Å². The van der Waals surface area contributed by atoms with Gasteiger partial charge >= 0.3 is 0 Å². The molecule has 0 aliphatic rings. The summed E-state index contributed by atoms with van der Waals surface area (Å²) in [6, 6.07) is 0.553. The van der Waals surface area contributed by atoms with E-state index in [9.17, 15) is 0 Å². The van der Waals surface area contributed by atoms with E-state index in [2.05, 4.69) is 31.2 Å². The number of aromatic nitrogens is 2. The molecule has 1 aromatic heterocycles. The summed E-state index contributed by atoms with van der Waals surface area (Å²) in [5.41, 5.74) is 2.41. The Morgan fingerprint density at radius 2 is 2.06 bits per heavy atom. The Labute approximate surface area is 97.7 Å². The first-order valence-corrected chi connectivity index (χ1v) is 5.82. The van der Waals surface area contributed by atoms with Crippen LogP contribution in [0.2, 0.25) is 0 Å². The minimum absolute atomic E-state index is 0.215. The van der Waals surface area contributed by atoms with Crippen LogP contribution in [0.25, 0.3) is 0 Å². The highest BCUT2D eigenvalue weighted by Crippen LogP contribution is 2.17. The molecule has 0 amide bonds. The average Bonchev–Trinajstić information content (AvgIpc) is 2.58. The second kappa shape index (κ2) is 5.46. The van der Waals surface area contributed by atoms with Crippen LogP contribution in [0.3, 0.4) is 0 Å². The maximum absolute atomic E-state index is 9.09. The Morgan fingerprint density at radius 1 is 1.44 bits per heavy atom. The second-order valence-corrected chi connectivity index (χ2v) is 4.65. The maximum atomic E-state index is 9.09. The molecule has 2 N–H and O–H groups in total. The molecule has 1 rings (SSSR count). The molecule has 0 fully saturated rings. The molecule has 92 valence electrons. The van der Waals surface area contributed by atoms with Gasteiger partial charge in [0.15, 0.2) is 0 Å². The summed E-state index contributed by atoms with van der Waals surface area (Å²) in [6.45, 7) is 8.56. The minimum Gasteiger partial charge on any atom is -0.396 e. The standard InChI is InChI=1S/C12H23N3O/c1-8(7-16)9(2)14-10(3)12-6-13-15(5)11(12)4/h6,8-10,14,16H,7H2,1-5H3. The highest BCUT2D eigenvalue weighted by Gasteiger charge is 2.17. The van der Waals surface area contributed by atoms with Gasteiger partial charge in [0.2, 0.25) is 0 Å². The monoisotopic (exact) mass is 225 g/mol. The van der Waals surface area contributed by atoms with E-state index in [1.165, 1.54) is 11.3 Å². The molecule has 0 aliphatic heterocycles. The van der Waals surface area contributed by atoms with E-state index in [0.29, 0.717) is 6.04 Å². The van der Waals surface area contributed by atoms with Gasteiger partial charge in [-0.05, 0) is 26.7 Å². The van der Waals surface area contributed by atoms with Gasteiger partial charge in [-0.25, -0.2) is 0 Å². The SMILES string of the molecule is Cc1c(C(C)NC(C)C(C)CO)cnn1C. The van der Waals surface area contributed by atoms with E-state index in [1.54, 1.807) is 0 Å². The van der Waals surface area contributed by atoms with Gasteiger partial charge in [-0.1, -0.05) is 6.92 Å². The summed E-state index contributed by atoms with van der Waals surface area (Å²) in [5, 5.41) is 16.8. The Bertz CT molecular complexity index is 335. The van der Waals surface area contributed by atoms with Crippen LogP contribution >= 0.6 is 0 Å². The number of aliphatic hydroxyl groups excluding tert-OH is 1. The lowest BCUT2D eigenvalue weighted by molar-refractivity contribution is 0.202. The molecule has 1 aromatic rings. The summed E-state index contributed by atoms with van der Waals surface area (Å²) in [5.74, 6) is 0.263. The number of rotatable bonds is 5. The number of aryl methyl sites for hydroxylation is 1. The Kier molecular flexibility index (Phi) is 4.50. The Morgan fingerprint density at radius 3 is 2.50 bits per heavy atom. The summed E-state index contributed by atoms with van der Waals surface area (Å²) < 4.78 is 1.88. The van der Waals surface area contributed by atoms with Crippen LogP contribution in [0.5, 0.6) is 0 Å². The minimum atomic E-state index is 0.215. The number of aliphatic hydroxyl groups is 1. The summed E-state index contributed by atoms with van der Waals surface area (Å²) in [6.07, 6.45) is 1.91. The smallest absolute Gasteiger partial charge is 0.0540 e. The molecule has 4 nitrogen and oxygen atoms in total. The molecule has 3 unspecified atom stereocenters. The van der Waals surface area contributed by atoms with Crippen molar-refractivity contribution in [3.05, 3.63) is 17.5 Å². The van der Waals surface area contributed by atoms with Crippen LogP contribution < -0.4 is 5.32 Å². The third-order valence-electron chi connectivity index (χ3n) is 3.39. The first-order valence-electron chi connectivity index (χ1n) is 5.82. The predicted molar refractivity (Wildman–Crippen MR) is 65.2 cm³/mol. The first-order chi connectivity index (χ1) is 7.47. The van der Waals surface area contributed by atoms with E-state index in [0.717, 1.165) is 0 Å². The predicted octanol–water partition coefficient (Wildman–Crippen LogP) is 1.40. The fourth-order valence-electron chi connectivity index (χ4n) is 1.75. The van der Waals surface area contributed by atoms with Crippen molar-refractivity contribution in [2.45, 2.75) is 39.8 Å². The molecule has 0 spiro atoms. The third kappa shape index (κ3) is 2.83. The zero-order chi connectivity index (χ0) is 12.3. The highest BCUT2D eigenvalue weighted by molar-refractivity contribution is 5.19. The second-order valence-electron chi connectivity index (χ2n) is 4.65. The van der Waals surface area contributed by atoms with Crippen molar-refractivity contribution in [2.24, 2.45) is 13.0 Å². The summed E-state index contributed by atoms with van der Waals surface area (Å²) in [7, 11) is 1.95. The van der Waals surface area contributed by atoms with Crippen molar-refractivity contribution in [1.82, 2.24) is 15.1 Å². The van der Waals surface area contributed by atoms with E-state index >= 15 is 0 Å². The molecule has 0 saturated heterocycles. The van der Waals surface area contributed by atoms with Crippen LogP contribution in [0, 0.1) is 12.8 Å². The summed E-state index contributed by atoms with van der Waals surface area (Å²) >= 11 is 0. The molecule has 1 heterocycles. The number of nitrogens with zero attached hydrogens (tertiary/aromatic N) is 2. The third-order valence-corrected chi connectivity index (χ3v) is 3.39. The van der Waals surface area contributed by atoms with Gasteiger partial charge in [0.25, 0.3) is 0 Å². The zero-order valence-corrected chi connectivity index (χ0v) is 10.9. The van der Waals surface area contributed by atoms with Gasteiger partial charge in [0, 0.05) is 37.0 Å². The topological polar surface area (TPSA) is 50.1 Å². The molecule has 0 radical (unpaired) electrons. The lowest BCUT2D eigenvalue weighted by Gasteiger charge is -2.24. The molecule has 0 saturated carbocycles. The van der Waals surface area contributed by atoms with Crippen molar-refractivity contribution in [3.8, 4) is 0 Å². The molecule has 0 aromatic carbocycles. The van der Waals surface area contributed by atoms with Crippen LogP contribution in [0.1, 0.15) is 38.1 Å². The van der Waals surface area contributed by atoms with Crippen LogP contribution in [-0.2, 0) is 7.05 Å². The maximum Gasteiger partial charge on any atom is 0.0540 e. The van der Waals surface area contributed by atoms with E-state index in [4.69, 9.17) is 5.11 Å². The van der Waals surface area contributed by atoms with Gasteiger partial charge in [-0.15, -0.1) is 0 Å². The van der Waals surface area contributed by atoms with Crippen molar-refractivity contribution >= 4 is 0 Å². The van der Waals surface area contributed by atoms with Crippen LogP contribution in [0.15, 0.2) is 6.20 Å². The fraction of sp³-hybridized carbons (Fsp3) is 0.750. The molecular formula is C12H23N3O. The molecule has 4 heteroatoms. The molecule has 16 heavy (non-hydrogen) atoms. The quantitative estimate of drug-likeness (QED) is 0.796. The lowest BCUT2D eigenvalue weighted by atomic mass is 10.0. The van der Waals surface area contributed by atoms with Crippen molar-refractivity contribution < 1.29 is 5.11 Å². The van der Waals surface area contributed by atoms with E-state index in [1.807, 2.05) is 24.9 Å². The Balaban J connectivity index is 2.65. The lowest BCUT2D eigenvalue weighted by Crippen LogP contribution is -2.35. The van der Waals surface area contributed by atoms with Crippen LogP contribution in [0.4, 0.5) is 0 Å². The van der Waals surface area contributed by atoms with Gasteiger partial charge in [-0.2, -0.15) is 5.10 Å². The van der Waals surface area contributed by atoms with Crippen molar-refractivity contribution in [1.29, 1.82) is 0 Å². The molecule has 0 aliphatic carbocycles. The largest absolute Gasteiger partial charge is 0.396 e. The molecule has 3 atom stereocenters. The van der Waals surface area contributed by atoms with E-state index in [-0.39, 0.29) is 18.6 Å².